The average molecular weight is 304 g/mol. The van der Waals surface area contributed by atoms with Gasteiger partial charge in [-0.05, 0) is 12.8 Å². The van der Waals surface area contributed by atoms with Crippen LogP contribution in [-0.2, 0) is 4.57 Å². The Bertz CT molecular complexity index is 221. The Morgan fingerprint density at radius 3 is 1.35 bits per heavy atom. The van der Waals surface area contributed by atoms with E-state index in [2.05, 4.69) is 13.8 Å². The van der Waals surface area contributed by atoms with Gasteiger partial charge in [0.1, 0.15) is 7.14 Å². The highest BCUT2D eigenvalue weighted by Crippen LogP contribution is 2.46. The molecular weight excluding hydrogens is 267 g/mol. The smallest absolute Gasteiger partial charge is 0.112 e. The highest BCUT2D eigenvalue weighted by molar-refractivity contribution is 7.63. The molecule has 0 aliphatic carbocycles. The van der Waals surface area contributed by atoms with Crippen molar-refractivity contribution in [1.29, 1.82) is 0 Å². The van der Waals surface area contributed by atoms with Crippen molar-refractivity contribution in [2.75, 3.05) is 18.7 Å². The van der Waals surface area contributed by atoms with E-state index in [1.54, 1.807) is 0 Å². The van der Waals surface area contributed by atoms with Gasteiger partial charge in [-0.15, -0.1) is 0 Å². The molecule has 0 aliphatic heterocycles. The molecule has 0 rings (SSSR count). The fourth-order valence-corrected chi connectivity index (χ4v) is 4.72. The van der Waals surface area contributed by atoms with Gasteiger partial charge in [-0.3, -0.25) is 0 Å². The number of hydrogen-bond donors (Lipinski definition) is 1. The van der Waals surface area contributed by atoms with Gasteiger partial charge in [0.05, 0.1) is 6.35 Å². The summed E-state index contributed by atoms with van der Waals surface area (Å²) in [6.07, 6.45) is 16.2. The summed E-state index contributed by atoms with van der Waals surface area (Å²) in [6.45, 7) is 4.45. The number of rotatable bonds is 15. The van der Waals surface area contributed by atoms with E-state index in [0.29, 0.717) is 0 Å². The van der Waals surface area contributed by atoms with Crippen molar-refractivity contribution in [2.24, 2.45) is 0 Å². The van der Waals surface area contributed by atoms with E-state index in [-0.39, 0.29) is 6.35 Å². The molecular formula is C17H37O2P. The molecule has 0 atom stereocenters. The molecule has 0 bridgehead atoms. The van der Waals surface area contributed by atoms with Gasteiger partial charge < -0.3 is 9.67 Å². The van der Waals surface area contributed by atoms with Crippen LogP contribution in [0.25, 0.3) is 0 Å². The molecule has 0 saturated heterocycles. The lowest BCUT2D eigenvalue weighted by molar-refractivity contribution is 0.356. The summed E-state index contributed by atoms with van der Waals surface area (Å²) in [5, 5.41) is 9.40. The van der Waals surface area contributed by atoms with Crippen molar-refractivity contribution in [3.63, 3.8) is 0 Å². The largest absolute Gasteiger partial charge is 0.389 e. The minimum absolute atomic E-state index is 0.0725. The van der Waals surface area contributed by atoms with Gasteiger partial charge in [-0.25, -0.2) is 0 Å². The topological polar surface area (TPSA) is 37.3 Å². The van der Waals surface area contributed by atoms with Crippen LogP contribution in [0, 0.1) is 0 Å². The number of aliphatic hydroxyl groups is 1. The van der Waals surface area contributed by atoms with Gasteiger partial charge in [0.25, 0.3) is 0 Å². The lowest BCUT2D eigenvalue weighted by Gasteiger charge is -2.15. The Morgan fingerprint density at radius 1 is 0.650 bits per heavy atom. The minimum Gasteiger partial charge on any atom is -0.389 e. The van der Waals surface area contributed by atoms with Crippen molar-refractivity contribution in [1.82, 2.24) is 0 Å². The highest BCUT2D eigenvalue weighted by atomic mass is 31.2. The lowest BCUT2D eigenvalue weighted by Crippen LogP contribution is -2.00. The molecule has 0 heterocycles. The van der Waals surface area contributed by atoms with Crippen LogP contribution in [0.1, 0.15) is 90.9 Å². The minimum atomic E-state index is -2.26. The van der Waals surface area contributed by atoms with E-state index in [0.717, 1.165) is 25.2 Å². The van der Waals surface area contributed by atoms with E-state index >= 15 is 0 Å². The van der Waals surface area contributed by atoms with Crippen molar-refractivity contribution < 1.29 is 9.67 Å². The van der Waals surface area contributed by atoms with Crippen molar-refractivity contribution >= 4 is 7.14 Å². The van der Waals surface area contributed by atoms with Crippen LogP contribution in [0.15, 0.2) is 0 Å². The van der Waals surface area contributed by atoms with Crippen molar-refractivity contribution in [2.45, 2.75) is 90.9 Å². The van der Waals surface area contributed by atoms with Crippen LogP contribution in [0.3, 0.4) is 0 Å². The molecule has 0 amide bonds. The second-order valence-electron chi connectivity index (χ2n) is 6.18. The summed E-state index contributed by atoms with van der Waals surface area (Å²) in [4.78, 5) is 0. The zero-order valence-corrected chi connectivity index (χ0v) is 14.8. The zero-order chi connectivity index (χ0) is 15.1. The van der Waals surface area contributed by atoms with E-state index in [1.165, 1.54) is 64.2 Å². The maximum atomic E-state index is 12.5. The molecule has 3 heteroatoms. The Balaban J connectivity index is 3.60. The molecule has 2 nitrogen and oxygen atoms in total. The van der Waals surface area contributed by atoms with E-state index in [4.69, 9.17) is 0 Å². The molecule has 0 radical (unpaired) electrons. The molecule has 122 valence electrons. The van der Waals surface area contributed by atoms with Crippen molar-refractivity contribution in [3.8, 4) is 0 Å². The first-order valence-electron chi connectivity index (χ1n) is 8.86. The molecule has 0 fully saturated rings. The third-order valence-corrected chi connectivity index (χ3v) is 6.87. The maximum absolute atomic E-state index is 12.5. The van der Waals surface area contributed by atoms with Crippen LogP contribution in [0.2, 0.25) is 0 Å². The first-order chi connectivity index (χ1) is 9.68. The first-order valence-corrected chi connectivity index (χ1v) is 11.1. The summed E-state index contributed by atoms with van der Waals surface area (Å²) < 4.78 is 12.5. The third kappa shape index (κ3) is 12.0. The monoisotopic (exact) mass is 304 g/mol. The van der Waals surface area contributed by atoms with Crippen LogP contribution in [-0.4, -0.2) is 23.8 Å². The van der Waals surface area contributed by atoms with Gasteiger partial charge in [-0.1, -0.05) is 78.1 Å². The standard InChI is InChI=1S/C17H37O2P/c1-3-5-7-9-11-13-15-20(19,17-18)16-14-12-10-8-6-4-2/h18H,3-17H2,1-2H3. The molecule has 0 unspecified atom stereocenters. The molecule has 0 aromatic carbocycles. The van der Waals surface area contributed by atoms with E-state index < -0.39 is 7.14 Å². The third-order valence-electron chi connectivity index (χ3n) is 4.10. The molecule has 1 N–H and O–H groups in total. The molecule has 0 saturated carbocycles. The molecule has 0 aliphatic rings. The van der Waals surface area contributed by atoms with E-state index in [9.17, 15) is 9.67 Å². The second-order valence-corrected chi connectivity index (χ2v) is 9.48. The summed E-state index contributed by atoms with van der Waals surface area (Å²) in [5.41, 5.74) is 0. The van der Waals surface area contributed by atoms with Crippen LogP contribution in [0.4, 0.5) is 0 Å². The average Bonchev–Trinajstić information content (AvgIpc) is 2.46. The predicted molar refractivity (Wildman–Crippen MR) is 91.2 cm³/mol. The summed E-state index contributed by atoms with van der Waals surface area (Å²) >= 11 is 0. The summed E-state index contributed by atoms with van der Waals surface area (Å²) in [5.74, 6) is 0. The zero-order valence-electron chi connectivity index (χ0n) is 13.9. The highest BCUT2D eigenvalue weighted by Gasteiger charge is 2.19. The first kappa shape index (κ1) is 20.2. The van der Waals surface area contributed by atoms with Crippen LogP contribution in [0.5, 0.6) is 0 Å². The number of hydrogen-bond acceptors (Lipinski definition) is 2. The summed E-state index contributed by atoms with van der Waals surface area (Å²) in [6, 6.07) is 0. The Hall–Kier alpha value is 0.190. The molecule has 20 heavy (non-hydrogen) atoms. The predicted octanol–water partition coefficient (Wildman–Crippen LogP) is 6.02. The number of unbranched alkanes of at least 4 members (excludes halogenated alkanes) is 10. The molecule has 0 spiro atoms. The second kappa shape index (κ2) is 14.1. The quantitative estimate of drug-likeness (QED) is 0.297. The van der Waals surface area contributed by atoms with Crippen LogP contribution < -0.4 is 0 Å². The summed E-state index contributed by atoms with van der Waals surface area (Å²) in [7, 11) is -2.26. The SMILES string of the molecule is CCCCCCCCP(=O)(CO)CCCCCCCC. The van der Waals surface area contributed by atoms with Gasteiger partial charge in [0.15, 0.2) is 0 Å². The molecule has 0 aromatic rings. The van der Waals surface area contributed by atoms with Crippen molar-refractivity contribution in [3.05, 3.63) is 0 Å². The maximum Gasteiger partial charge on any atom is 0.112 e. The Morgan fingerprint density at radius 2 is 1.00 bits per heavy atom. The van der Waals surface area contributed by atoms with E-state index in [1.807, 2.05) is 0 Å². The fraction of sp³-hybridized carbons (Fsp3) is 1.00. The number of aliphatic hydroxyl groups excluding tert-OH is 1. The van der Waals surface area contributed by atoms with Gasteiger partial charge in [-0.2, -0.15) is 0 Å². The lowest BCUT2D eigenvalue weighted by atomic mass is 10.1. The van der Waals surface area contributed by atoms with Gasteiger partial charge >= 0.3 is 0 Å². The molecule has 0 aromatic heterocycles. The Labute approximate surface area is 127 Å². The van der Waals surface area contributed by atoms with Crippen LogP contribution >= 0.6 is 7.14 Å². The Kier molecular flexibility index (Phi) is 14.3. The normalized spacial score (nSPS) is 11.9. The fourth-order valence-electron chi connectivity index (χ4n) is 2.61. The van der Waals surface area contributed by atoms with Gasteiger partial charge in [0, 0.05) is 12.3 Å². The van der Waals surface area contributed by atoms with Gasteiger partial charge in [0.2, 0.25) is 0 Å².